The van der Waals surface area contributed by atoms with Crippen LogP contribution in [0.4, 0.5) is 0 Å². The molecule has 0 aromatic rings. The Bertz CT molecular complexity index is 135. The first-order chi connectivity index (χ1) is 4.34. The van der Waals surface area contributed by atoms with E-state index in [1.54, 1.807) is 0 Å². The highest BCUT2D eigenvalue weighted by Crippen LogP contribution is 2.08. The van der Waals surface area contributed by atoms with E-state index in [4.69, 9.17) is 0 Å². The normalized spacial score (nSPS) is 18.7. The predicted molar refractivity (Wildman–Crippen MR) is 31.6 cm³/mol. The molecule has 1 heterocycles. The van der Waals surface area contributed by atoms with E-state index in [2.05, 4.69) is 5.18 Å². The minimum absolute atomic E-state index is 0.0266. The largest absolute Gasteiger partial charge is 0.320 e. The van der Waals surface area contributed by atoms with Gasteiger partial charge in [-0.15, -0.1) is 4.91 Å². The highest BCUT2D eigenvalue weighted by atomic mass is 16.3. The van der Waals surface area contributed by atoms with Crippen molar-refractivity contribution in [1.29, 1.82) is 0 Å². The van der Waals surface area contributed by atoms with Crippen molar-refractivity contribution < 1.29 is 4.79 Å². The number of nitrogens with zero attached hydrogens (tertiary/aromatic N) is 2. The third-order valence-electron chi connectivity index (χ3n) is 1.40. The van der Waals surface area contributed by atoms with Gasteiger partial charge in [-0.25, -0.2) is 0 Å². The maximum absolute atomic E-state index is 10.7. The van der Waals surface area contributed by atoms with Crippen molar-refractivity contribution in [3.63, 3.8) is 0 Å². The molecule has 1 aliphatic rings. The van der Waals surface area contributed by atoms with Gasteiger partial charge in [0.25, 0.3) is 0 Å². The fraction of sp³-hybridized carbons (Fsp3) is 0.800. The summed E-state index contributed by atoms with van der Waals surface area (Å²) in [5.41, 5.74) is 0. The van der Waals surface area contributed by atoms with Gasteiger partial charge in [0.05, 0.1) is 0 Å². The van der Waals surface area contributed by atoms with E-state index in [0.717, 1.165) is 6.42 Å². The van der Waals surface area contributed by atoms with Crippen LogP contribution in [0.1, 0.15) is 12.8 Å². The van der Waals surface area contributed by atoms with Crippen LogP contribution in [-0.4, -0.2) is 24.0 Å². The molecule has 0 spiro atoms. The van der Waals surface area contributed by atoms with E-state index in [9.17, 15) is 9.70 Å². The van der Waals surface area contributed by atoms with Crippen molar-refractivity contribution in [2.75, 3.05) is 13.2 Å². The van der Waals surface area contributed by atoms with Crippen molar-refractivity contribution in [3.8, 4) is 0 Å². The standard InChI is InChI=1S/C5H8N2O2/c8-5-2-1-3-7(5)4-6-9/h1-4H2. The monoisotopic (exact) mass is 128 g/mol. The number of carbonyl (C=O) groups excluding carboxylic acids is 1. The fourth-order valence-electron chi connectivity index (χ4n) is 0.923. The summed E-state index contributed by atoms with van der Waals surface area (Å²) >= 11 is 0. The van der Waals surface area contributed by atoms with Crippen molar-refractivity contribution in [2.45, 2.75) is 12.8 Å². The Morgan fingerprint density at radius 3 is 2.89 bits per heavy atom. The lowest BCUT2D eigenvalue weighted by Crippen LogP contribution is -2.24. The minimum Gasteiger partial charge on any atom is -0.320 e. The molecule has 9 heavy (non-hydrogen) atoms. The zero-order valence-corrected chi connectivity index (χ0v) is 5.04. The maximum Gasteiger partial charge on any atom is 0.224 e. The van der Waals surface area contributed by atoms with Gasteiger partial charge in [0.15, 0.2) is 6.67 Å². The van der Waals surface area contributed by atoms with Crippen LogP contribution in [0.2, 0.25) is 0 Å². The molecule has 0 N–H and O–H groups in total. The molecule has 1 saturated heterocycles. The third-order valence-corrected chi connectivity index (χ3v) is 1.40. The summed E-state index contributed by atoms with van der Waals surface area (Å²) in [4.78, 5) is 21.8. The summed E-state index contributed by atoms with van der Waals surface area (Å²) in [6.07, 6.45) is 1.45. The van der Waals surface area contributed by atoms with E-state index < -0.39 is 0 Å². The van der Waals surface area contributed by atoms with Crippen molar-refractivity contribution in [3.05, 3.63) is 4.91 Å². The Kier molecular flexibility index (Phi) is 1.77. The Balaban J connectivity index is 2.39. The van der Waals surface area contributed by atoms with Gasteiger partial charge >= 0.3 is 0 Å². The quantitative estimate of drug-likeness (QED) is 0.503. The molecule has 0 aromatic heterocycles. The Hall–Kier alpha value is -0.930. The van der Waals surface area contributed by atoms with Crippen LogP contribution in [-0.2, 0) is 4.79 Å². The maximum atomic E-state index is 10.7. The molecule has 4 nitrogen and oxygen atoms in total. The van der Waals surface area contributed by atoms with Crippen LogP contribution < -0.4 is 0 Å². The first-order valence-electron chi connectivity index (χ1n) is 2.91. The highest BCUT2D eigenvalue weighted by molar-refractivity contribution is 5.77. The fourth-order valence-corrected chi connectivity index (χ4v) is 0.923. The average Bonchev–Trinajstić information content (AvgIpc) is 2.18. The van der Waals surface area contributed by atoms with E-state index in [-0.39, 0.29) is 12.6 Å². The van der Waals surface area contributed by atoms with Gasteiger partial charge in [-0.2, -0.15) is 0 Å². The van der Waals surface area contributed by atoms with Crippen LogP contribution in [0.15, 0.2) is 5.18 Å². The topological polar surface area (TPSA) is 49.7 Å². The van der Waals surface area contributed by atoms with Crippen LogP contribution >= 0.6 is 0 Å². The van der Waals surface area contributed by atoms with Gasteiger partial charge in [0, 0.05) is 13.0 Å². The van der Waals surface area contributed by atoms with Crippen molar-refractivity contribution in [1.82, 2.24) is 4.90 Å². The molecule has 0 aliphatic carbocycles. The molecular formula is C5H8N2O2. The molecule has 4 heteroatoms. The first-order valence-corrected chi connectivity index (χ1v) is 2.91. The van der Waals surface area contributed by atoms with Crippen LogP contribution in [0.3, 0.4) is 0 Å². The zero-order chi connectivity index (χ0) is 6.69. The molecule has 1 aliphatic heterocycles. The molecule has 1 fully saturated rings. The molecule has 1 rings (SSSR count). The molecule has 0 atom stereocenters. The molecule has 0 unspecified atom stereocenters. The van der Waals surface area contributed by atoms with Gasteiger partial charge in [-0.05, 0) is 11.6 Å². The van der Waals surface area contributed by atoms with Gasteiger partial charge in [-0.1, -0.05) is 0 Å². The van der Waals surface area contributed by atoms with E-state index in [0.29, 0.717) is 13.0 Å². The summed E-state index contributed by atoms with van der Waals surface area (Å²) in [5.74, 6) is 0.0506. The summed E-state index contributed by atoms with van der Waals surface area (Å²) < 4.78 is 0. The second-order valence-corrected chi connectivity index (χ2v) is 2.03. The summed E-state index contributed by atoms with van der Waals surface area (Å²) in [6, 6.07) is 0. The lowest BCUT2D eigenvalue weighted by Gasteiger charge is -2.07. The van der Waals surface area contributed by atoms with Crippen LogP contribution in [0.5, 0.6) is 0 Å². The summed E-state index contributed by atoms with van der Waals surface area (Å²) in [6.45, 7) is 0.726. The number of likely N-dealkylation sites (tertiary alicyclic amines) is 1. The highest BCUT2D eigenvalue weighted by Gasteiger charge is 2.19. The molecule has 0 aromatic carbocycles. The van der Waals surface area contributed by atoms with Gasteiger partial charge < -0.3 is 4.90 Å². The zero-order valence-electron chi connectivity index (χ0n) is 5.04. The predicted octanol–water partition coefficient (Wildman–Crippen LogP) is 0.333. The number of hydrogen-bond donors (Lipinski definition) is 0. The minimum atomic E-state index is 0.0266. The number of hydrogen-bond acceptors (Lipinski definition) is 3. The molecular weight excluding hydrogens is 120 g/mol. The first kappa shape index (κ1) is 6.19. The van der Waals surface area contributed by atoms with Crippen molar-refractivity contribution in [2.24, 2.45) is 5.18 Å². The van der Waals surface area contributed by atoms with Gasteiger partial charge in [0.1, 0.15) is 0 Å². The summed E-state index contributed by atoms with van der Waals surface area (Å²) in [5, 5.41) is 2.62. The number of carbonyl (C=O) groups is 1. The molecule has 0 bridgehead atoms. The number of amides is 1. The van der Waals surface area contributed by atoms with Crippen molar-refractivity contribution >= 4 is 5.91 Å². The van der Waals surface area contributed by atoms with Crippen LogP contribution in [0.25, 0.3) is 0 Å². The lowest BCUT2D eigenvalue weighted by molar-refractivity contribution is -0.127. The molecule has 0 radical (unpaired) electrons. The number of rotatable bonds is 2. The number of nitroso groups, excluding NO2 is 1. The van der Waals surface area contributed by atoms with Crippen LogP contribution in [0, 0.1) is 4.91 Å². The molecule has 1 amide bonds. The van der Waals surface area contributed by atoms with E-state index >= 15 is 0 Å². The van der Waals surface area contributed by atoms with E-state index in [1.165, 1.54) is 4.90 Å². The lowest BCUT2D eigenvalue weighted by atomic mass is 10.4. The molecule has 50 valence electrons. The van der Waals surface area contributed by atoms with E-state index in [1.807, 2.05) is 0 Å². The SMILES string of the molecule is O=NCN1CCCC1=O. The third kappa shape index (κ3) is 1.25. The van der Waals surface area contributed by atoms with Gasteiger partial charge in [0.2, 0.25) is 5.91 Å². The Morgan fingerprint density at radius 2 is 2.44 bits per heavy atom. The summed E-state index contributed by atoms with van der Waals surface area (Å²) in [7, 11) is 0. The second-order valence-electron chi connectivity index (χ2n) is 2.03. The Labute approximate surface area is 52.8 Å². The Morgan fingerprint density at radius 1 is 1.67 bits per heavy atom. The van der Waals surface area contributed by atoms with Gasteiger partial charge in [-0.3, -0.25) is 4.79 Å². The smallest absolute Gasteiger partial charge is 0.224 e. The second kappa shape index (κ2) is 2.57. The molecule has 0 saturated carbocycles. The average molecular weight is 128 g/mol.